The standard InChI is InChI=1S/C30H38N2O4/c1-6-9-10-17-35-23-13-11-22(12-14-23)27-26-28(33)24-18-20(4)21(5)19-25(24)36-29(26)30(34)32(27)16-15-31(7-2)8-3/h11-14,18-19,27H,6-10,15-17H2,1-5H3. The van der Waals surface area contributed by atoms with Crippen LogP contribution in [0.3, 0.4) is 0 Å². The number of likely N-dealkylation sites (N-methyl/N-ethyl adjacent to an activating group) is 1. The molecule has 1 atom stereocenters. The summed E-state index contributed by atoms with van der Waals surface area (Å²) in [5.74, 6) is 0.741. The van der Waals surface area contributed by atoms with Crippen molar-refractivity contribution in [3.63, 3.8) is 0 Å². The Hall–Kier alpha value is -3.12. The third kappa shape index (κ3) is 5.05. The molecule has 2 heterocycles. The molecule has 36 heavy (non-hydrogen) atoms. The Bertz CT molecular complexity index is 1270. The highest BCUT2D eigenvalue weighted by Crippen LogP contribution is 2.38. The minimum atomic E-state index is -0.487. The summed E-state index contributed by atoms with van der Waals surface area (Å²) in [4.78, 5) is 31.5. The van der Waals surface area contributed by atoms with Gasteiger partial charge in [-0.15, -0.1) is 0 Å². The Labute approximate surface area is 213 Å². The van der Waals surface area contributed by atoms with Gasteiger partial charge < -0.3 is 19.0 Å². The molecule has 1 aliphatic heterocycles. The number of ether oxygens (including phenoxy) is 1. The van der Waals surface area contributed by atoms with Gasteiger partial charge in [0.15, 0.2) is 5.43 Å². The van der Waals surface area contributed by atoms with Gasteiger partial charge in [-0.2, -0.15) is 0 Å². The molecule has 4 rings (SSSR count). The normalized spacial score (nSPS) is 15.2. The lowest BCUT2D eigenvalue weighted by Crippen LogP contribution is -2.37. The fraction of sp³-hybridized carbons (Fsp3) is 0.467. The number of rotatable bonds is 11. The number of benzene rings is 2. The van der Waals surface area contributed by atoms with E-state index in [1.54, 1.807) is 4.90 Å². The lowest BCUT2D eigenvalue weighted by Gasteiger charge is -2.28. The summed E-state index contributed by atoms with van der Waals surface area (Å²) in [7, 11) is 0. The first-order valence-corrected chi connectivity index (χ1v) is 13.2. The molecule has 0 saturated heterocycles. The van der Waals surface area contributed by atoms with Crippen LogP contribution < -0.4 is 10.2 Å². The topological polar surface area (TPSA) is 63.0 Å². The molecule has 1 aromatic heterocycles. The first-order valence-electron chi connectivity index (χ1n) is 13.2. The van der Waals surface area contributed by atoms with Gasteiger partial charge in [-0.05, 0) is 74.3 Å². The van der Waals surface area contributed by atoms with Crippen LogP contribution in [0.25, 0.3) is 11.0 Å². The lowest BCUT2D eigenvalue weighted by atomic mass is 9.97. The predicted molar refractivity (Wildman–Crippen MR) is 144 cm³/mol. The number of hydrogen-bond donors (Lipinski definition) is 0. The fourth-order valence-corrected chi connectivity index (χ4v) is 4.93. The SMILES string of the molecule is CCCCCOc1ccc(C2c3c(oc4cc(C)c(C)cc4c3=O)C(=O)N2CCN(CC)CC)cc1. The average Bonchev–Trinajstić information content (AvgIpc) is 3.16. The van der Waals surface area contributed by atoms with Gasteiger partial charge in [0.2, 0.25) is 5.76 Å². The Morgan fingerprint density at radius 3 is 2.33 bits per heavy atom. The van der Waals surface area contributed by atoms with Crippen LogP contribution >= 0.6 is 0 Å². The van der Waals surface area contributed by atoms with Crippen LogP contribution in [0, 0.1) is 13.8 Å². The van der Waals surface area contributed by atoms with Crippen LogP contribution in [0.4, 0.5) is 0 Å². The smallest absolute Gasteiger partial charge is 0.290 e. The van der Waals surface area contributed by atoms with Crippen LogP contribution in [0.15, 0.2) is 45.6 Å². The van der Waals surface area contributed by atoms with E-state index in [1.165, 1.54) is 0 Å². The molecule has 2 aromatic carbocycles. The summed E-state index contributed by atoms with van der Waals surface area (Å²) in [6, 6.07) is 11.1. The Morgan fingerprint density at radius 1 is 0.972 bits per heavy atom. The van der Waals surface area contributed by atoms with Crippen molar-refractivity contribution < 1.29 is 13.9 Å². The number of aryl methyl sites for hydroxylation is 2. The zero-order chi connectivity index (χ0) is 25.8. The second kappa shape index (κ2) is 11.3. The molecule has 0 N–H and O–H groups in total. The van der Waals surface area contributed by atoms with Gasteiger partial charge >= 0.3 is 0 Å². The number of amides is 1. The maximum Gasteiger partial charge on any atom is 0.290 e. The Morgan fingerprint density at radius 2 is 1.67 bits per heavy atom. The van der Waals surface area contributed by atoms with Crippen molar-refractivity contribution in [1.82, 2.24) is 9.80 Å². The van der Waals surface area contributed by atoms with E-state index in [0.29, 0.717) is 29.7 Å². The van der Waals surface area contributed by atoms with Crippen molar-refractivity contribution in [2.45, 2.75) is 59.9 Å². The molecule has 0 spiro atoms. The van der Waals surface area contributed by atoms with E-state index in [1.807, 2.05) is 50.2 Å². The summed E-state index contributed by atoms with van der Waals surface area (Å²) < 4.78 is 12.0. The number of hydrogen-bond acceptors (Lipinski definition) is 5. The third-order valence-corrected chi connectivity index (χ3v) is 7.35. The summed E-state index contributed by atoms with van der Waals surface area (Å²) in [5, 5.41) is 0.524. The minimum absolute atomic E-state index is 0.127. The maximum absolute atomic E-state index is 13.8. The highest BCUT2D eigenvalue weighted by atomic mass is 16.5. The Kier molecular flexibility index (Phi) is 8.14. The van der Waals surface area contributed by atoms with Gasteiger partial charge in [0, 0.05) is 13.1 Å². The monoisotopic (exact) mass is 490 g/mol. The molecular formula is C30H38N2O4. The molecule has 0 fully saturated rings. The van der Waals surface area contributed by atoms with E-state index in [9.17, 15) is 9.59 Å². The quantitative estimate of drug-likeness (QED) is 0.315. The number of carbonyl (C=O) groups is 1. The van der Waals surface area contributed by atoms with Crippen molar-refractivity contribution in [2.24, 2.45) is 0 Å². The lowest BCUT2D eigenvalue weighted by molar-refractivity contribution is 0.0708. The molecule has 192 valence electrons. The predicted octanol–water partition coefficient (Wildman–Crippen LogP) is 5.87. The highest BCUT2D eigenvalue weighted by Gasteiger charge is 2.42. The van der Waals surface area contributed by atoms with Gasteiger partial charge in [0.1, 0.15) is 11.3 Å². The van der Waals surface area contributed by atoms with Gasteiger partial charge in [-0.25, -0.2) is 0 Å². The van der Waals surface area contributed by atoms with E-state index >= 15 is 0 Å². The van der Waals surface area contributed by atoms with Crippen molar-refractivity contribution in [3.05, 3.63) is 74.6 Å². The van der Waals surface area contributed by atoms with E-state index in [-0.39, 0.29) is 17.1 Å². The zero-order valence-electron chi connectivity index (χ0n) is 22.2. The van der Waals surface area contributed by atoms with Gasteiger partial charge in [0.25, 0.3) is 5.91 Å². The van der Waals surface area contributed by atoms with Gasteiger partial charge in [-0.1, -0.05) is 45.7 Å². The van der Waals surface area contributed by atoms with Crippen molar-refractivity contribution in [3.8, 4) is 5.75 Å². The number of carbonyl (C=O) groups excluding carboxylic acids is 1. The number of fused-ring (bicyclic) bond motifs is 2. The molecule has 0 radical (unpaired) electrons. The first kappa shape index (κ1) is 26.0. The molecule has 1 unspecified atom stereocenters. The van der Waals surface area contributed by atoms with E-state index in [0.717, 1.165) is 61.3 Å². The third-order valence-electron chi connectivity index (χ3n) is 7.35. The molecule has 3 aromatic rings. The largest absolute Gasteiger partial charge is 0.494 e. The second-order valence-corrected chi connectivity index (χ2v) is 9.66. The van der Waals surface area contributed by atoms with Gasteiger partial charge in [0.05, 0.1) is 23.6 Å². The molecule has 0 bridgehead atoms. The molecule has 6 nitrogen and oxygen atoms in total. The van der Waals surface area contributed by atoms with Crippen LogP contribution in [0.5, 0.6) is 5.75 Å². The fourth-order valence-electron chi connectivity index (χ4n) is 4.93. The molecule has 1 aliphatic rings. The molecular weight excluding hydrogens is 452 g/mol. The van der Waals surface area contributed by atoms with E-state index < -0.39 is 6.04 Å². The molecule has 6 heteroatoms. The highest BCUT2D eigenvalue weighted by molar-refractivity contribution is 5.99. The van der Waals surface area contributed by atoms with Gasteiger partial charge in [-0.3, -0.25) is 9.59 Å². The summed E-state index contributed by atoms with van der Waals surface area (Å²) in [5.41, 5.74) is 3.72. The summed E-state index contributed by atoms with van der Waals surface area (Å²) in [6.45, 7) is 14.1. The van der Waals surface area contributed by atoms with Crippen LogP contribution in [-0.4, -0.2) is 48.5 Å². The molecule has 0 aliphatic carbocycles. The molecule has 0 saturated carbocycles. The summed E-state index contributed by atoms with van der Waals surface area (Å²) in [6.07, 6.45) is 3.31. The second-order valence-electron chi connectivity index (χ2n) is 9.66. The molecule has 1 amide bonds. The zero-order valence-corrected chi connectivity index (χ0v) is 22.2. The van der Waals surface area contributed by atoms with Crippen LogP contribution in [-0.2, 0) is 0 Å². The minimum Gasteiger partial charge on any atom is -0.494 e. The number of nitrogens with zero attached hydrogens (tertiary/aromatic N) is 2. The Balaban J connectivity index is 1.75. The van der Waals surface area contributed by atoms with Crippen LogP contribution in [0.1, 0.15) is 78.9 Å². The van der Waals surface area contributed by atoms with E-state index in [4.69, 9.17) is 9.15 Å². The van der Waals surface area contributed by atoms with E-state index in [2.05, 4.69) is 25.7 Å². The summed E-state index contributed by atoms with van der Waals surface area (Å²) >= 11 is 0. The van der Waals surface area contributed by atoms with Crippen LogP contribution in [0.2, 0.25) is 0 Å². The first-order chi connectivity index (χ1) is 17.4. The average molecular weight is 491 g/mol. The van der Waals surface area contributed by atoms with Crippen molar-refractivity contribution >= 4 is 16.9 Å². The maximum atomic E-state index is 13.8. The number of unbranched alkanes of at least 4 members (excludes halogenated alkanes) is 2. The van der Waals surface area contributed by atoms with Crippen molar-refractivity contribution in [1.29, 1.82) is 0 Å². The van der Waals surface area contributed by atoms with Crippen molar-refractivity contribution in [2.75, 3.05) is 32.8 Å².